The number of H-pyrrole nitrogens is 1. The number of carbonyl (C=O) groups is 2. The quantitative estimate of drug-likeness (QED) is 0.637. The summed E-state index contributed by atoms with van der Waals surface area (Å²) < 4.78 is 5.10. The molecule has 3 rings (SSSR count). The number of amides is 1. The molecule has 0 atom stereocenters. The molecule has 1 aromatic heterocycles. The third-order valence-electron chi connectivity index (χ3n) is 4.63. The fraction of sp³-hybridized carbons (Fsp3) is 0.217. The molecule has 1 amide bonds. The van der Waals surface area contributed by atoms with E-state index in [0.717, 1.165) is 11.3 Å². The van der Waals surface area contributed by atoms with E-state index in [1.165, 1.54) is 0 Å². The number of aromatic amines is 1. The number of carbonyl (C=O) groups excluding carboxylic acids is 2. The number of benzene rings is 2. The predicted molar refractivity (Wildman–Crippen MR) is 110 cm³/mol. The Hall–Kier alpha value is -3.34. The molecule has 0 aliphatic rings. The second-order valence-electron chi connectivity index (χ2n) is 6.56. The maximum atomic E-state index is 13.5. The van der Waals surface area contributed by atoms with E-state index >= 15 is 0 Å². The van der Waals surface area contributed by atoms with Gasteiger partial charge in [-0.2, -0.15) is 0 Å². The summed E-state index contributed by atoms with van der Waals surface area (Å²) in [6.07, 6.45) is 0. The van der Waals surface area contributed by atoms with E-state index in [-0.39, 0.29) is 12.5 Å². The van der Waals surface area contributed by atoms with E-state index in [0.29, 0.717) is 29.1 Å². The van der Waals surface area contributed by atoms with Crippen molar-refractivity contribution in [2.75, 3.05) is 11.5 Å². The lowest BCUT2D eigenvalue weighted by Crippen LogP contribution is -2.31. The molecular weight excluding hydrogens is 352 g/mol. The van der Waals surface area contributed by atoms with Gasteiger partial charge < -0.3 is 14.6 Å². The molecule has 144 valence electrons. The van der Waals surface area contributed by atoms with Gasteiger partial charge in [-0.3, -0.25) is 4.79 Å². The summed E-state index contributed by atoms with van der Waals surface area (Å²) in [5, 5.41) is 0. The summed E-state index contributed by atoms with van der Waals surface area (Å²) in [5.41, 5.74) is 3.91. The maximum absolute atomic E-state index is 13.5. The molecule has 2 aromatic carbocycles. The van der Waals surface area contributed by atoms with Crippen molar-refractivity contribution in [1.82, 2.24) is 4.98 Å². The molecule has 0 aliphatic heterocycles. The lowest BCUT2D eigenvalue weighted by atomic mass is 10.1. The van der Waals surface area contributed by atoms with Crippen LogP contribution in [-0.4, -0.2) is 23.5 Å². The van der Waals surface area contributed by atoms with E-state index in [1.54, 1.807) is 25.7 Å². The summed E-state index contributed by atoms with van der Waals surface area (Å²) in [7, 11) is 0. The monoisotopic (exact) mass is 376 g/mol. The van der Waals surface area contributed by atoms with E-state index in [2.05, 4.69) is 4.98 Å². The fourth-order valence-electron chi connectivity index (χ4n) is 3.27. The van der Waals surface area contributed by atoms with Crippen molar-refractivity contribution in [2.24, 2.45) is 0 Å². The molecule has 0 saturated heterocycles. The van der Waals surface area contributed by atoms with Crippen LogP contribution < -0.4 is 4.90 Å². The van der Waals surface area contributed by atoms with Crippen LogP contribution in [0.15, 0.2) is 60.7 Å². The number of aromatic nitrogens is 1. The molecule has 0 fully saturated rings. The molecule has 1 N–H and O–H groups in total. The Balaban J connectivity index is 2.01. The van der Waals surface area contributed by atoms with Crippen LogP contribution in [0.4, 0.5) is 5.69 Å². The molecule has 5 heteroatoms. The molecule has 0 unspecified atom stereocenters. The summed E-state index contributed by atoms with van der Waals surface area (Å²) in [6.45, 7) is 6.04. The molecule has 0 radical (unpaired) electrons. The van der Waals surface area contributed by atoms with Gasteiger partial charge in [0.1, 0.15) is 5.69 Å². The number of para-hydroxylation sites is 1. The number of hydrogen-bond acceptors (Lipinski definition) is 3. The minimum absolute atomic E-state index is 0.156. The zero-order valence-corrected chi connectivity index (χ0v) is 16.4. The minimum Gasteiger partial charge on any atom is -0.461 e. The second kappa shape index (κ2) is 8.57. The first-order chi connectivity index (χ1) is 13.5. The Bertz CT molecular complexity index is 962. The first kappa shape index (κ1) is 19.4. The average molecular weight is 376 g/mol. The number of nitrogens with one attached hydrogen (secondary N) is 1. The number of rotatable bonds is 6. The molecular formula is C23H24N2O3. The van der Waals surface area contributed by atoms with Gasteiger partial charge in [0, 0.05) is 11.4 Å². The van der Waals surface area contributed by atoms with Crippen LogP contribution >= 0.6 is 0 Å². The van der Waals surface area contributed by atoms with Crippen molar-refractivity contribution >= 4 is 17.6 Å². The maximum Gasteiger partial charge on any atom is 0.355 e. The number of aryl methyl sites for hydroxylation is 1. The van der Waals surface area contributed by atoms with Crippen LogP contribution in [0.3, 0.4) is 0 Å². The van der Waals surface area contributed by atoms with Crippen molar-refractivity contribution in [1.29, 1.82) is 0 Å². The first-order valence-electron chi connectivity index (χ1n) is 9.30. The van der Waals surface area contributed by atoms with Gasteiger partial charge in [0.15, 0.2) is 0 Å². The smallest absolute Gasteiger partial charge is 0.355 e. The van der Waals surface area contributed by atoms with E-state index in [9.17, 15) is 9.59 Å². The Morgan fingerprint density at radius 2 is 1.57 bits per heavy atom. The predicted octanol–water partition coefficient (Wildman–Crippen LogP) is 4.66. The Kier molecular flexibility index (Phi) is 5.94. The third-order valence-corrected chi connectivity index (χ3v) is 4.63. The second-order valence-corrected chi connectivity index (χ2v) is 6.56. The van der Waals surface area contributed by atoms with Gasteiger partial charge in [-0.1, -0.05) is 48.5 Å². The number of nitrogens with zero attached hydrogens (tertiary/aromatic N) is 1. The number of hydrogen-bond donors (Lipinski definition) is 1. The van der Waals surface area contributed by atoms with Crippen LogP contribution in [0.25, 0.3) is 0 Å². The largest absolute Gasteiger partial charge is 0.461 e. The highest BCUT2D eigenvalue weighted by atomic mass is 16.5. The SMILES string of the molecule is CCOC(=O)c1[nH]c(C)c(C(=O)N(Cc2ccccc2)c2ccccc2)c1C. The third kappa shape index (κ3) is 3.98. The summed E-state index contributed by atoms with van der Waals surface area (Å²) in [5.74, 6) is -0.603. The molecule has 0 spiro atoms. The minimum atomic E-state index is -0.448. The lowest BCUT2D eigenvalue weighted by molar-refractivity contribution is 0.0519. The number of anilines is 1. The van der Waals surface area contributed by atoms with Gasteiger partial charge >= 0.3 is 5.97 Å². The number of ether oxygens (including phenoxy) is 1. The molecule has 28 heavy (non-hydrogen) atoms. The van der Waals surface area contributed by atoms with Crippen molar-refractivity contribution in [3.05, 3.63) is 88.7 Å². The van der Waals surface area contributed by atoms with Crippen LogP contribution in [0.2, 0.25) is 0 Å². The van der Waals surface area contributed by atoms with Gasteiger partial charge in [0.25, 0.3) is 5.91 Å². The van der Waals surface area contributed by atoms with Gasteiger partial charge in [-0.25, -0.2) is 4.79 Å². The van der Waals surface area contributed by atoms with Crippen molar-refractivity contribution < 1.29 is 14.3 Å². The van der Waals surface area contributed by atoms with Crippen molar-refractivity contribution in [3.63, 3.8) is 0 Å². The average Bonchev–Trinajstić information content (AvgIpc) is 3.01. The molecule has 5 nitrogen and oxygen atoms in total. The Labute approximate surface area is 165 Å². The zero-order valence-electron chi connectivity index (χ0n) is 16.4. The molecule has 1 heterocycles. The molecule has 0 saturated carbocycles. The van der Waals surface area contributed by atoms with Crippen LogP contribution in [0.1, 0.15) is 44.6 Å². The first-order valence-corrected chi connectivity index (χ1v) is 9.30. The summed E-state index contributed by atoms with van der Waals surface area (Å²) in [4.78, 5) is 30.5. The molecule has 3 aromatic rings. The highest BCUT2D eigenvalue weighted by molar-refractivity contribution is 6.09. The van der Waals surface area contributed by atoms with E-state index < -0.39 is 5.97 Å². The van der Waals surface area contributed by atoms with E-state index in [4.69, 9.17) is 4.74 Å². The van der Waals surface area contributed by atoms with Gasteiger partial charge in [0.2, 0.25) is 0 Å². The fourth-order valence-corrected chi connectivity index (χ4v) is 3.27. The highest BCUT2D eigenvalue weighted by Crippen LogP contribution is 2.25. The Morgan fingerprint density at radius 1 is 0.964 bits per heavy atom. The Morgan fingerprint density at radius 3 is 2.18 bits per heavy atom. The topological polar surface area (TPSA) is 62.4 Å². The molecule has 0 bridgehead atoms. The van der Waals surface area contributed by atoms with Crippen molar-refractivity contribution in [3.8, 4) is 0 Å². The normalized spacial score (nSPS) is 10.5. The van der Waals surface area contributed by atoms with Crippen LogP contribution in [-0.2, 0) is 11.3 Å². The van der Waals surface area contributed by atoms with E-state index in [1.807, 2.05) is 60.7 Å². The number of esters is 1. The standard InChI is InChI=1S/C23H24N2O3/c1-4-28-23(27)21-16(2)20(17(3)24-21)22(26)25(19-13-9-6-10-14-19)15-18-11-7-5-8-12-18/h5-14,24H,4,15H2,1-3H3. The summed E-state index contributed by atoms with van der Waals surface area (Å²) >= 11 is 0. The van der Waals surface area contributed by atoms with Gasteiger partial charge in [-0.15, -0.1) is 0 Å². The lowest BCUT2D eigenvalue weighted by Gasteiger charge is -2.23. The molecule has 0 aliphatic carbocycles. The van der Waals surface area contributed by atoms with Crippen LogP contribution in [0.5, 0.6) is 0 Å². The summed E-state index contributed by atoms with van der Waals surface area (Å²) in [6, 6.07) is 19.4. The highest BCUT2D eigenvalue weighted by Gasteiger charge is 2.27. The van der Waals surface area contributed by atoms with Crippen molar-refractivity contribution in [2.45, 2.75) is 27.3 Å². The van der Waals surface area contributed by atoms with Gasteiger partial charge in [0.05, 0.1) is 18.7 Å². The van der Waals surface area contributed by atoms with Gasteiger partial charge in [-0.05, 0) is 44.0 Å². The zero-order chi connectivity index (χ0) is 20.1. The van der Waals surface area contributed by atoms with Crippen LogP contribution in [0, 0.1) is 13.8 Å².